The minimum absolute atomic E-state index is 0.533. The van der Waals surface area contributed by atoms with Crippen molar-refractivity contribution in [3.8, 4) is 0 Å². The van der Waals surface area contributed by atoms with Gasteiger partial charge in [-0.15, -0.1) is 0 Å². The van der Waals surface area contributed by atoms with E-state index in [9.17, 15) is 0 Å². The molecule has 1 unspecified atom stereocenters. The molecule has 0 amide bonds. The van der Waals surface area contributed by atoms with Gasteiger partial charge in [-0.05, 0) is 37.1 Å². The molecule has 3 aromatic rings. The summed E-state index contributed by atoms with van der Waals surface area (Å²) in [7, 11) is 0. The molecule has 0 bridgehead atoms. The van der Waals surface area contributed by atoms with Crippen LogP contribution in [0.25, 0.3) is 10.9 Å². The van der Waals surface area contributed by atoms with Crippen molar-refractivity contribution in [1.82, 2.24) is 4.98 Å². The lowest BCUT2D eigenvalue weighted by Crippen LogP contribution is -2.34. The Bertz CT molecular complexity index is 755. The molecule has 0 fully saturated rings. The zero-order valence-corrected chi connectivity index (χ0v) is 11.8. The van der Waals surface area contributed by atoms with Crippen LogP contribution in [0.15, 0.2) is 60.8 Å². The molecule has 0 radical (unpaired) electrons. The van der Waals surface area contributed by atoms with Crippen LogP contribution in [-0.4, -0.2) is 4.98 Å². The molecule has 3 rings (SSSR count). The highest BCUT2D eigenvalue weighted by Crippen LogP contribution is 2.31. The smallest absolute Gasteiger partial charge is 0.0705 e. The van der Waals surface area contributed by atoms with Crippen molar-refractivity contribution in [3.05, 3.63) is 77.5 Å². The third-order valence-corrected chi connectivity index (χ3v) is 3.82. The Morgan fingerprint density at radius 2 is 1.80 bits per heavy atom. The van der Waals surface area contributed by atoms with Gasteiger partial charge in [-0.2, -0.15) is 0 Å². The van der Waals surface area contributed by atoms with Gasteiger partial charge in [0.05, 0.1) is 11.1 Å². The number of pyridine rings is 1. The van der Waals surface area contributed by atoms with Crippen molar-refractivity contribution in [2.75, 3.05) is 0 Å². The van der Waals surface area contributed by atoms with E-state index < -0.39 is 5.54 Å². The molecule has 2 nitrogen and oxygen atoms in total. The second-order valence-electron chi connectivity index (χ2n) is 5.45. The number of aromatic nitrogens is 1. The van der Waals surface area contributed by atoms with Crippen molar-refractivity contribution >= 4 is 10.9 Å². The van der Waals surface area contributed by atoms with Crippen LogP contribution in [0.4, 0.5) is 0 Å². The summed E-state index contributed by atoms with van der Waals surface area (Å²) in [6.07, 6.45) is 1.81. The van der Waals surface area contributed by atoms with Gasteiger partial charge in [0.1, 0.15) is 0 Å². The van der Waals surface area contributed by atoms with E-state index in [0.717, 1.165) is 22.0 Å². The molecule has 1 atom stereocenters. The van der Waals surface area contributed by atoms with Gasteiger partial charge in [0.2, 0.25) is 0 Å². The topological polar surface area (TPSA) is 38.9 Å². The summed E-state index contributed by atoms with van der Waals surface area (Å²) in [6, 6.07) is 18.5. The fourth-order valence-corrected chi connectivity index (χ4v) is 2.68. The predicted octanol–water partition coefficient (Wildman–Crippen LogP) is 3.77. The van der Waals surface area contributed by atoms with E-state index >= 15 is 0 Å². The first-order valence-corrected chi connectivity index (χ1v) is 6.79. The van der Waals surface area contributed by atoms with Gasteiger partial charge in [0.25, 0.3) is 0 Å². The first-order valence-electron chi connectivity index (χ1n) is 6.79. The minimum atomic E-state index is -0.533. The average Bonchev–Trinajstić information content (AvgIpc) is 2.46. The Kier molecular flexibility index (Phi) is 3.03. The zero-order chi connectivity index (χ0) is 14.2. The molecule has 0 spiro atoms. The standard InChI is InChI=1S/C18H18N2/c1-13-6-3-7-14(12-13)18(2,19)16-9-4-10-17-15(16)8-5-11-20-17/h3-12H,19H2,1-2H3. The summed E-state index contributed by atoms with van der Waals surface area (Å²) >= 11 is 0. The lowest BCUT2D eigenvalue weighted by Gasteiger charge is -2.27. The first kappa shape index (κ1) is 12.8. The monoisotopic (exact) mass is 262 g/mol. The van der Waals surface area contributed by atoms with E-state index in [1.807, 2.05) is 24.4 Å². The average molecular weight is 262 g/mol. The number of fused-ring (bicyclic) bond motifs is 1. The molecular formula is C18H18N2. The highest BCUT2D eigenvalue weighted by molar-refractivity contribution is 5.83. The Labute approximate surface area is 119 Å². The van der Waals surface area contributed by atoms with Crippen LogP contribution >= 0.6 is 0 Å². The molecule has 0 aliphatic carbocycles. The van der Waals surface area contributed by atoms with Crippen LogP contribution in [0.5, 0.6) is 0 Å². The molecule has 0 saturated carbocycles. The van der Waals surface area contributed by atoms with Crippen LogP contribution in [0.3, 0.4) is 0 Å². The van der Waals surface area contributed by atoms with Gasteiger partial charge in [-0.3, -0.25) is 4.98 Å². The molecular weight excluding hydrogens is 244 g/mol. The lowest BCUT2D eigenvalue weighted by molar-refractivity contribution is 0.608. The maximum Gasteiger partial charge on any atom is 0.0705 e. The van der Waals surface area contributed by atoms with E-state index in [1.165, 1.54) is 5.56 Å². The number of hydrogen-bond acceptors (Lipinski definition) is 2. The van der Waals surface area contributed by atoms with Gasteiger partial charge < -0.3 is 5.73 Å². The van der Waals surface area contributed by atoms with E-state index in [2.05, 4.69) is 55.2 Å². The van der Waals surface area contributed by atoms with E-state index in [-0.39, 0.29) is 0 Å². The number of aryl methyl sites for hydroxylation is 1. The number of benzene rings is 2. The minimum Gasteiger partial charge on any atom is -0.318 e. The van der Waals surface area contributed by atoms with Gasteiger partial charge in [0.15, 0.2) is 0 Å². The third kappa shape index (κ3) is 2.08. The number of nitrogens with zero attached hydrogens (tertiary/aromatic N) is 1. The van der Waals surface area contributed by atoms with Crippen molar-refractivity contribution in [2.45, 2.75) is 19.4 Å². The molecule has 0 aliphatic rings. The van der Waals surface area contributed by atoms with Crippen molar-refractivity contribution in [3.63, 3.8) is 0 Å². The molecule has 2 aromatic carbocycles. The molecule has 2 heteroatoms. The normalized spacial score (nSPS) is 14.2. The van der Waals surface area contributed by atoms with Crippen LogP contribution < -0.4 is 5.73 Å². The van der Waals surface area contributed by atoms with Crippen molar-refractivity contribution in [2.24, 2.45) is 5.73 Å². The van der Waals surface area contributed by atoms with Crippen LogP contribution in [0.1, 0.15) is 23.6 Å². The Balaban J connectivity index is 2.23. The van der Waals surface area contributed by atoms with E-state index in [0.29, 0.717) is 0 Å². The Hall–Kier alpha value is -2.19. The second-order valence-corrected chi connectivity index (χ2v) is 5.45. The largest absolute Gasteiger partial charge is 0.318 e. The maximum atomic E-state index is 6.67. The summed E-state index contributed by atoms with van der Waals surface area (Å²) in [6.45, 7) is 4.15. The summed E-state index contributed by atoms with van der Waals surface area (Å²) < 4.78 is 0. The van der Waals surface area contributed by atoms with E-state index in [4.69, 9.17) is 5.73 Å². The van der Waals surface area contributed by atoms with Crippen LogP contribution in [0.2, 0.25) is 0 Å². The fourth-order valence-electron chi connectivity index (χ4n) is 2.68. The fraction of sp³-hybridized carbons (Fsp3) is 0.167. The first-order chi connectivity index (χ1) is 9.59. The molecule has 20 heavy (non-hydrogen) atoms. The highest BCUT2D eigenvalue weighted by atomic mass is 14.7. The van der Waals surface area contributed by atoms with Gasteiger partial charge in [0, 0.05) is 11.6 Å². The SMILES string of the molecule is Cc1cccc(C(C)(N)c2cccc3ncccc23)c1. The lowest BCUT2D eigenvalue weighted by atomic mass is 9.83. The van der Waals surface area contributed by atoms with Crippen molar-refractivity contribution in [1.29, 1.82) is 0 Å². The molecule has 1 aromatic heterocycles. The van der Waals surface area contributed by atoms with Gasteiger partial charge in [-0.1, -0.05) is 48.0 Å². The molecule has 0 aliphatic heterocycles. The summed E-state index contributed by atoms with van der Waals surface area (Å²) in [5, 5.41) is 1.11. The number of hydrogen-bond donors (Lipinski definition) is 1. The molecule has 0 saturated heterocycles. The summed E-state index contributed by atoms with van der Waals surface area (Å²) in [5.74, 6) is 0. The van der Waals surface area contributed by atoms with Gasteiger partial charge in [-0.25, -0.2) is 0 Å². The summed E-state index contributed by atoms with van der Waals surface area (Å²) in [4.78, 5) is 4.41. The molecule has 2 N–H and O–H groups in total. The molecule has 100 valence electrons. The summed E-state index contributed by atoms with van der Waals surface area (Å²) in [5.41, 5.74) is 10.6. The Morgan fingerprint density at radius 3 is 2.60 bits per heavy atom. The zero-order valence-electron chi connectivity index (χ0n) is 11.8. The van der Waals surface area contributed by atoms with Crippen LogP contribution in [0, 0.1) is 6.92 Å². The number of rotatable bonds is 2. The maximum absolute atomic E-state index is 6.67. The van der Waals surface area contributed by atoms with Gasteiger partial charge >= 0.3 is 0 Å². The van der Waals surface area contributed by atoms with E-state index in [1.54, 1.807) is 0 Å². The highest BCUT2D eigenvalue weighted by Gasteiger charge is 2.25. The number of nitrogens with two attached hydrogens (primary N) is 1. The predicted molar refractivity (Wildman–Crippen MR) is 83.6 cm³/mol. The molecule has 1 heterocycles. The third-order valence-electron chi connectivity index (χ3n) is 3.82. The quantitative estimate of drug-likeness (QED) is 0.763. The van der Waals surface area contributed by atoms with Crippen LogP contribution in [-0.2, 0) is 5.54 Å². The second kappa shape index (κ2) is 4.73. The Morgan fingerprint density at radius 1 is 1.00 bits per heavy atom. The van der Waals surface area contributed by atoms with Crippen molar-refractivity contribution < 1.29 is 0 Å².